The number of hydrogen-bond donors (Lipinski definition) is 1. The van der Waals surface area contributed by atoms with E-state index in [1.807, 2.05) is 0 Å². The standard InChI is InChI=1S/C9H15NO2/c1-3-9(11)10-6-8-5-4-7(2)12-8/h3,7-8H,1,4-6H2,2H3,(H,10,11). The van der Waals surface area contributed by atoms with E-state index in [2.05, 4.69) is 18.8 Å². The fraction of sp³-hybridized carbons (Fsp3) is 0.667. The van der Waals surface area contributed by atoms with Gasteiger partial charge < -0.3 is 10.1 Å². The lowest BCUT2D eigenvalue weighted by Crippen LogP contribution is -2.30. The van der Waals surface area contributed by atoms with Crippen LogP contribution in [0.2, 0.25) is 0 Å². The second-order valence-corrected chi connectivity index (χ2v) is 3.10. The number of hydrogen-bond acceptors (Lipinski definition) is 2. The predicted molar refractivity (Wildman–Crippen MR) is 46.8 cm³/mol. The quantitative estimate of drug-likeness (QED) is 0.636. The summed E-state index contributed by atoms with van der Waals surface area (Å²) in [6.07, 6.45) is 3.95. The number of ether oxygens (including phenoxy) is 1. The van der Waals surface area contributed by atoms with Gasteiger partial charge in [0.1, 0.15) is 0 Å². The zero-order chi connectivity index (χ0) is 8.97. The molecule has 1 aliphatic heterocycles. The highest BCUT2D eigenvalue weighted by molar-refractivity contribution is 5.86. The van der Waals surface area contributed by atoms with Crippen molar-refractivity contribution in [2.75, 3.05) is 6.54 Å². The molecule has 0 aromatic rings. The Morgan fingerprint density at radius 3 is 3.00 bits per heavy atom. The Hall–Kier alpha value is -0.830. The van der Waals surface area contributed by atoms with Crippen molar-refractivity contribution >= 4 is 5.91 Å². The highest BCUT2D eigenvalue weighted by atomic mass is 16.5. The molecular weight excluding hydrogens is 154 g/mol. The van der Waals surface area contributed by atoms with Gasteiger partial charge in [-0.15, -0.1) is 0 Å². The van der Waals surface area contributed by atoms with Crippen LogP contribution in [0.25, 0.3) is 0 Å². The van der Waals surface area contributed by atoms with Crippen LogP contribution >= 0.6 is 0 Å². The van der Waals surface area contributed by atoms with Crippen LogP contribution in [0.15, 0.2) is 12.7 Å². The summed E-state index contributed by atoms with van der Waals surface area (Å²) in [6.45, 7) is 6.03. The molecule has 1 N–H and O–H groups in total. The van der Waals surface area contributed by atoms with Gasteiger partial charge in [-0.2, -0.15) is 0 Å². The first-order valence-corrected chi connectivity index (χ1v) is 4.28. The van der Waals surface area contributed by atoms with Gasteiger partial charge in [0.25, 0.3) is 0 Å². The highest BCUT2D eigenvalue weighted by Gasteiger charge is 2.21. The van der Waals surface area contributed by atoms with Crippen molar-refractivity contribution in [3.05, 3.63) is 12.7 Å². The summed E-state index contributed by atoms with van der Waals surface area (Å²) in [6, 6.07) is 0. The van der Waals surface area contributed by atoms with Gasteiger partial charge in [0.05, 0.1) is 12.2 Å². The summed E-state index contributed by atoms with van der Waals surface area (Å²) in [5, 5.41) is 2.71. The maximum atomic E-state index is 10.8. The van der Waals surface area contributed by atoms with Crippen LogP contribution in [0.5, 0.6) is 0 Å². The maximum absolute atomic E-state index is 10.8. The summed E-state index contributed by atoms with van der Waals surface area (Å²) in [5.74, 6) is -0.127. The molecule has 1 saturated heterocycles. The summed E-state index contributed by atoms with van der Waals surface area (Å²) in [7, 11) is 0. The molecule has 2 atom stereocenters. The largest absolute Gasteiger partial charge is 0.373 e. The highest BCUT2D eigenvalue weighted by Crippen LogP contribution is 2.17. The van der Waals surface area contributed by atoms with Crippen LogP contribution < -0.4 is 5.32 Å². The van der Waals surface area contributed by atoms with E-state index >= 15 is 0 Å². The Labute approximate surface area is 72.8 Å². The third-order valence-corrected chi connectivity index (χ3v) is 2.01. The molecule has 3 nitrogen and oxygen atoms in total. The van der Waals surface area contributed by atoms with Gasteiger partial charge >= 0.3 is 0 Å². The average Bonchev–Trinajstić information content (AvgIpc) is 2.47. The average molecular weight is 169 g/mol. The van der Waals surface area contributed by atoms with Gasteiger partial charge in [0.15, 0.2) is 0 Å². The molecular formula is C9H15NO2. The zero-order valence-corrected chi connectivity index (χ0v) is 7.38. The van der Waals surface area contributed by atoms with Gasteiger partial charge in [-0.25, -0.2) is 0 Å². The minimum absolute atomic E-state index is 0.127. The lowest BCUT2D eigenvalue weighted by atomic mass is 10.2. The third kappa shape index (κ3) is 2.66. The van der Waals surface area contributed by atoms with Crippen molar-refractivity contribution < 1.29 is 9.53 Å². The fourth-order valence-corrected chi connectivity index (χ4v) is 1.32. The molecule has 1 rings (SSSR count). The van der Waals surface area contributed by atoms with Crippen molar-refractivity contribution in [2.45, 2.75) is 32.0 Å². The van der Waals surface area contributed by atoms with Gasteiger partial charge in [0, 0.05) is 6.54 Å². The van der Waals surface area contributed by atoms with Crippen molar-refractivity contribution in [1.82, 2.24) is 5.32 Å². The molecule has 12 heavy (non-hydrogen) atoms. The molecule has 68 valence electrons. The smallest absolute Gasteiger partial charge is 0.243 e. The molecule has 1 heterocycles. The molecule has 0 bridgehead atoms. The van der Waals surface area contributed by atoms with Crippen LogP contribution in [0.4, 0.5) is 0 Å². The number of nitrogens with one attached hydrogen (secondary N) is 1. The molecule has 1 aliphatic rings. The first-order valence-electron chi connectivity index (χ1n) is 4.28. The minimum Gasteiger partial charge on any atom is -0.373 e. The molecule has 1 amide bonds. The third-order valence-electron chi connectivity index (χ3n) is 2.01. The topological polar surface area (TPSA) is 38.3 Å². The van der Waals surface area contributed by atoms with Gasteiger partial charge in [-0.3, -0.25) is 4.79 Å². The first-order chi connectivity index (χ1) is 5.72. The van der Waals surface area contributed by atoms with Gasteiger partial charge in [-0.05, 0) is 25.8 Å². The lowest BCUT2D eigenvalue weighted by Gasteiger charge is -2.10. The Morgan fingerprint density at radius 2 is 2.50 bits per heavy atom. The SMILES string of the molecule is C=CC(=O)NCC1CCC(C)O1. The Balaban J connectivity index is 2.15. The molecule has 0 aromatic carbocycles. The minimum atomic E-state index is -0.127. The van der Waals surface area contributed by atoms with Crippen molar-refractivity contribution in [2.24, 2.45) is 0 Å². The van der Waals surface area contributed by atoms with Crippen molar-refractivity contribution in [1.29, 1.82) is 0 Å². The van der Waals surface area contributed by atoms with E-state index < -0.39 is 0 Å². The van der Waals surface area contributed by atoms with Crippen LogP contribution in [-0.2, 0) is 9.53 Å². The number of carbonyl (C=O) groups is 1. The van der Waals surface area contributed by atoms with Crippen molar-refractivity contribution in [3.8, 4) is 0 Å². The second kappa shape index (κ2) is 4.26. The summed E-state index contributed by atoms with van der Waals surface area (Å²) in [5.41, 5.74) is 0. The summed E-state index contributed by atoms with van der Waals surface area (Å²) in [4.78, 5) is 10.8. The van der Waals surface area contributed by atoms with E-state index in [4.69, 9.17) is 4.74 Å². The van der Waals surface area contributed by atoms with Gasteiger partial charge in [0.2, 0.25) is 5.91 Å². The lowest BCUT2D eigenvalue weighted by molar-refractivity contribution is -0.117. The molecule has 0 spiro atoms. The zero-order valence-electron chi connectivity index (χ0n) is 7.38. The number of carbonyl (C=O) groups excluding carboxylic acids is 1. The molecule has 0 radical (unpaired) electrons. The molecule has 3 heteroatoms. The molecule has 0 aromatic heterocycles. The van der Waals surface area contributed by atoms with Crippen LogP contribution in [0, 0.1) is 0 Å². The van der Waals surface area contributed by atoms with Crippen LogP contribution in [0.1, 0.15) is 19.8 Å². The number of rotatable bonds is 3. The maximum Gasteiger partial charge on any atom is 0.243 e. The first kappa shape index (κ1) is 9.26. The Kier molecular flexibility index (Phi) is 3.29. The van der Waals surface area contributed by atoms with Crippen LogP contribution in [0.3, 0.4) is 0 Å². The van der Waals surface area contributed by atoms with Crippen molar-refractivity contribution in [3.63, 3.8) is 0 Å². The van der Waals surface area contributed by atoms with E-state index in [9.17, 15) is 4.79 Å². The molecule has 1 fully saturated rings. The monoisotopic (exact) mass is 169 g/mol. The second-order valence-electron chi connectivity index (χ2n) is 3.10. The fourth-order valence-electron chi connectivity index (χ4n) is 1.32. The molecule has 0 aliphatic carbocycles. The normalized spacial score (nSPS) is 28.4. The van der Waals surface area contributed by atoms with Gasteiger partial charge in [-0.1, -0.05) is 6.58 Å². The van der Waals surface area contributed by atoms with E-state index in [0.717, 1.165) is 12.8 Å². The summed E-state index contributed by atoms with van der Waals surface area (Å²) >= 11 is 0. The van der Waals surface area contributed by atoms with E-state index in [-0.39, 0.29) is 12.0 Å². The Bertz CT molecular complexity index is 179. The molecule has 0 saturated carbocycles. The number of amides is 1. The van der Waals surface area contributed by atoms with E-state index in [0.29, 0.717) is 12.6 Å². The Morgan fingerprint density at radius 1 is 1.75 bits per heavy atom. The summed E-state index contributed by atoms with van der Waals surface area (Å²) < 4.78 is 5.51. The van der Waals surface area contributed by atoms with Crippen LogP contribution in [-0.4, -0.2) is 24.7 Å². The van der Waals surface area contributed by atoms with E-state index in [1.165, 1.54) is 6.08 Å². The van der Waals surface area contributed by atoms with E-state index in [1.54, 1.807) is 0 Å². The molecule has 2 unspecified atom stereocenters. The predicted octanol–water partition coefficient (Wildman–Crippen LogP) is 0.856.